The number of amides is 1. The van der Waals surface area contributed by atoms with Crippen molar-refractivity contribution in [3.63, 3.8) is 0 Å². The third-order valence-corrected chi connectivity index (χ3v) is 3.00. The van der Waals surface area contributed by atoms with Crippen LogP contribution in [0.5, 0.6) is 0 Å². The van der Waals surface area contributed by atoms with Crippen LogP contribution < -0.4 is 5.32 Å². The van der Waals surface area contributed by atoms with Gasteiger partial charge in [-0.1, -0.05) is 20.8 Å². The monoisotopic (exact) mass is 233 g/mol. The van der Waals surface area contributed by atoms with Crippen LogP contribution in [0, 0.1) is 0 Å². The highest BCUT2D eigenvalue weighted by molar-refractivity contribution is 8.00. The van der Waals surface area contributed by atoms with Gasteiger partial charge in [0.1, 0.15) is 6.10 Å². The Morgan fingerprint density at radius 3 is 2.53 bits per heavy atom. The molecule has 0 rings (SSSR count). The number of thioether (sulfide) groups is 1. The topological polar surface area (TPSA) is 38.3 Å². The zero-order valence-corrected chi connectivity index (χ0v) is 11.2. The molecule has 3 nitrogen and oxygen atoms in total. The third-order valence-electron chi connectivity index (χ3n) is 1.72. The maximum atomic E-state index is 11.4. The number of carbonyl (C=O) groups excluding carboxylic acids is 1. The highest BCUT2D eigenvalue weighted by atomic mass is 32.2. The number of hydrogen-bond donors (Lipinski definition) is 1. The second-order valence-electron chi connectivity index (χ2n) is 4.35. The summed E-state index contributed by atoms with van der Waals surface area (Å²) in [5.74, 6) is 0.917. The first kappa shape index (κ1) is 14.8. The van der Waals surface area contributed by atoms with E-state index in [0.29, 0.717) is 13.2 Å². The minimum absolute atomic E-state index is 0.0219. The highest BCUT2D eigenvalue weighted by Crippen LogP contribution is 2.21. The van der Waals surface area contributed by atoms with Crippen LogP contribution in [-0.2, 0) is 9.53 Å². The molecule has 0 unspecified atom stereocenters. The lowest BCUT2D eigenvalue weighted by atomic mass is 10.3. The summed E-state index contributed by atoms with van der Waals surface area (Å²) in [6, 6.07) is 0. The first-order valence-corrected chi connectivity index (χ1v) is 6.38. The standard InChI is InChI=1S/C11H23NO2S/c1-6-14-9(2)10(13)12-7-8-15-11(3,4)5/h9H,6-8H2,1-5H3,(H,12,13)/t9-/m0/s1. The zero-order chi connectivity index (χ0) is 11.9. The molecule has 1 atom stereocenters. The van der Waals surface area contributed by atoms with Gasteiger partial charge in [0.25, 0.3) is 0 Å². The summed E-state index contributed by atoms with van der Waals surface area (Å²) < 4.78 is 5.44. The van der Waals surface area contributed by atoms with E-state index in [4.69, 9.17) is 4.74 Å². The van der Waals surface area contributed by atoms with Crippen molar-refractivity contribution in [3.8, 4) is 0 Å². The average molecular weight is 233 g/mol. The van der Waals surface area contributed by atoms with E-state index < -0.39 is 0 Å². The van der Waals surface area contributed by atoms with Gasteiger partial charge in [-0.05, 0) is 13.8 Å². The molecule has 0 aliphatic carbocycles. The molecule has 0 fully saturated rings. The van der Waals surface area contributed by atoms with E-state index in [1.54, 1.807) is 6.92 Å². The molecule has 0 bridgehead atoms. The molecular formula is C11H23NO2S. The highest BCUT2D eigenvalue weighted by Gasteiger charge is 2.13. The number of nitrogens with one attached hydrogen (secondary N) is 1. The van der Waals surface area contributed by atoms with Crippen LogP contribution in [0.3, 0.4) is 0 Å². The van der Waals surface area contributed by atoms with E-state index in [2.05, 4.69) is 26.1 Å². The van der Waals surface area contributed by atoms with Gasteiger partial charge in [-0.15, -0.1) is 0 Å². The lowest BCUT2D eigenvalue weighted by Gasteiger charge is -2.18. The Morgan fingerprint density at radius 2 is 2.07 bits per heavy atom. The summed E-state index contributed by atoms with van der Waals surface area (Å²) in [5.41, 5.74) is 0. The lowest BCUT2D eigenvalue weighted by molar-refractivity contribution is -0.131. The van der Waals surface area contributed by atoms with E-state index in [-0.39, 0.29) is 16.8 Å². The molecule has 0 saturated heterocycles. The SMILES string of the molecule is CCO[C@@H](C)C(=O)NCCSC(C)(C)C. The van der Waals surface area contributed by atoms with Gasteiger partial charge < -0.3 is 10.1 Å². The first-order chi connectivity index (χ1) is 6.87. The number of carbonyl (C=O) groups is 1. The largest absolute Gasteiger partial charge is 0.369 e. The molecular weight excluding hydrogens is 210 g/mol. The summed E-state index contributed by atoms with van der Waals surface area (Å²) in [6.07, 6.45) is -0.338. The lowest BCUT2D eigenvalue weighted by Crippen LogP contribution is -2.36. The first-order valence-electron chi connectivity index (χ1n) is 5.40. The summed E-state index contributed by atoms with van der Waals surface area (Å²) in [6.45, 7) is 11.4. The van der Waals surface area contributed by atoms with E-state index in [0.717, 1.165) is 5.75 Å². The van der Waals surface area contributed by atoms with E-state index in [9.17, 15) is 4.79 Å². The van der Waals surface area contributed by atoms with Gasteiger partial charge in [0.2, 0.25) is 5.91 Å². The molecule has 1 amide bonds. The zero-order valence-electron chi connectivity index (χ0n) is 10.4. The van der Waals surface area contributed by atoms with Crippen molar-refractivity contribution >= 4 is 17.7 Å². The summed E-state index contributed by atoms with van der Waals surface area (Å²) in [7, 11) is 0. The molecule has 0 aliphatic rings. The molecule has 0 heterocycles. The minimum atomic E-state index is -0.338. The fourth-order valence-corrected chi connectivity index (χ4v) is 1.82. The van der Waals surface area contributed by atoms with Gasteiger partial charge in [-0.3, -0.25) is 4.79 Å². The molecule has 0 aliphatic heterocycles. The van der Waals surface area contributed by atoms with Crippen molar-refractivity contribution in [2.24, 2.45) is 0 Å². The number of ether oxygens (including phenoxy) is 1. The summed E-state index contributed by atoms with van der Waals surface area (Å²) in [5, 5.41) is 2.86. The van der Waals surface area contributed by atoms with Crippen LogP contribution in [-0.4, -0.2) is 35.7 Å². The number of rotatable bonds is 6. The Morgan fingerprint density at radius 1 is 1.47 bits per heavy atom. The fourth-order valence-electron chi connectivity index (χ4n) is 1.00. The number of hydrogen-bond acceptors (Lipinski definition) is 3. The second kappa shape index (κ2) is 7.12. The van der Waals surface area contributed by atoms with Gasteiger partial charge in [-0.2, -0.15) is 11.8 Å². The molecule has 90 valence electrons. The summed E-state index contributed by atoms with van der Waals surface area (Å²) >= 11 is 1.85. The Hall–Kier alpha value is -0.220. The van der Waals surface area contributed by atoms with E-state index in [1.807, 2.05) is 18.7 Å². The minimum Gasteiger partial charge on any atom is -0.369 e. The van der Waals surface area contributed by atoms with Crippen molar-refractivity contribution in [1.82, 2.24) is 5.32 Å². The van der Waals surface area contributed by atoms with Gasteiger partial charge in [0, 0.05) is 23.7 Å². The molecule has 1 N–H and O–H groups in total. The fraction of sp³-hybridized carbons (Fsp3) is 0.909. The van der Waals surface area contributed by atoms with E-state index >= 15 is 0 Å². The van der Waals surface area contributed by atoms with Crippen LogP contribution in [0.25, 0.3) is 0 Å². The maximum Gasteiger partial charge on any atom is 0.248 e. The van der Waals surface area contributed by atoms with Crippen molar-refractivity contribution in [2.75, 3.05) is 18.9 Å². The van der Waals surface area contributed by atoms with Gasteiger partial charge in [0.15, 0.2) is 0 Å². The third kappa shape index (κ3) is 8.75. The normalized spacial score (nSPS) is 13.7. The van der Waals surface area contributed by atoms with Gasteiger partial charge in [-0.25, -0.2) is 0 Å². The smallest absolute Gasteiger partial charge is 0.248 e. The Labute approximate surface area is 97.3 Å². The predicted molar refractivity (Wildman–Crippen MR) is 66.3 cm³/mol. The van der Waals surface area contributed by atoms with Crippen molar-refractivity contribution in [1.29, 1.82) is 0 Å². The molecule has 0 radical (unpaired) electrons. The van der Waals surface area contributed by atoms with Crippen LogP contribution in [0.4, 0.5) is 0 Å². The molecule has 0 aromatic carbocycles. The molecule has 4 heteroatoms. The molecule has 0 aromatic rings. The van der Waals surface area contributed by atoms with Crippen LogP contribution in [0.1, 0.15) is 34.6 Å². The molecule has 15 heavy (non-hydrogen) atoms. The van der Waals surface area contributed by atoms with Gasteiger partial charge >= 0.3 is 0 Å². The van der Waals surface area contributed by atoms with E-state index in [1.165, 1.54) is 0 Å². The van der Waals surface area contributed by atoms with Crippen LogP contribution in [0.15, 0.2) is 0 Å². The average Bonchev–Trinajstić information content (AvgIpc) is 2.11. The Balaban J connectivity index is 3.55. The van der Waals surface area contributed by atoms with Crippen LogP contribution in [0.2, 0.25) is 0 Å². The Kier molecular flexibility index (Phi) is 7.02. The van der Waals surface area contributed by atoms with Crippen LogP contribution >= 0.6 is 11.8 Å². The molecule has 0 saturated carbocycles. The van der Waals surface area contributed by atoms with Gasteiger partial charge in [0.05, 0.1) is 0 Å². The summed E-state index contributed by atoms with van der Waals surface area (Å²) in [4.78, 5) is 11.4. The van der Waals surface area contributed by atoms with Crippen molar-refractivity contribution < 1.29 is 9.53 Å². The quantitative estimate of drug-likeness (QED) is 0.714. The molecule has 0 aromatic heterocycles. The Bertz CT molecular complexity index is 190. The van der Waals surface area contributed by atoms with Crippen molar-refractivity contribution in [3.05, 3.63) is 0 Å². The maximum absolute atomic E-state index is 11.4. The molecule has 0 spiro atoms. The van der Waals surface area contributed by atoms with Crippen molar-refractivity contribution in [2.45, 2.75) is 45.5 Å². The predicted octanol–water partition coefficient (Wildman–Crippen LogP) is 2.06. The second-order valence-corrected chi connectivity index (χ2v) is 6.27.